The molecule has 1 rings (SSSR count). The highest BCUT2D eigenvalue weighted by atomic mass is 16.1. The van der Waals surface area contributed by atoms with Gasteiger partial charge >= 0.3 is 0 Å². The van der Waals surface area contributed by atoms with E-state index < -0.39 is 0 Å². The van der Waals surface area contributed by atoms with Gasteiger partial charge in [0.2, 0.25) is 0 Å². The van der Waals surface area contributed by atoms with E-state index in [9.17, 15) is 4.79 Å². The van der Waals surface area contributed by atoms with Gasteiger partial charge in [0, 0.05) is 0 Å². The third-order valence-corrected chi connectivity index (χ3v) is 2.24. The number of hydrogen-bond donors (Lipinski definition) is 0. The van der Waals surface area contributed by atoms with Crippen LogP contribution in [0.15, 0.2) is 0 Å². The number of carbonyl (C=O) groups excluding carboxylic acids is 1. The maximum Gasteiger partial charge on any atom is 0.149 e. The van der Waals surface area contributed by atoms with E-state index in [-0.39, 0.29) is 5.54 Å². The molecule has 0 spiro atoms. The molecular formula is C7H13NO. The minimum Gasteiger partial charge on any atom is -0.298 e. The largest absolute Gasteiger partial charge is 0.298 e. The Labute approximate surface area is 55.8 Å². The zero-order valence-corrected chi connectivity index (χ0v) is 6.27. The molecule has 0 aromatic rings. The van der Waals surface area contributed by atoms with Crippen molar-refractivity contribution in [3.05, 3.63) is 0 Å². The fourth-order valence-electron chi connectivity index (χ4n) is 1.23. The van der Waals surface area contributed by atoms with Gasteiger partial charge in [0.05, 0.1) is 5.54 Å². The second-order valence-electron chi connectivity index (χ2n) is 2.98. The van der Waals surface area contributed by atoms with Gasteiger partial charge < -0.3 is 0 Å². The molecule has 0 unspecified atom stereocenters. The Morgan fingerprint density at radius 1 is 1.44 bits per heavy atom. The predicted molar refractivity (Wildman–Crippen MR) is 36.3 cm³/mol. The molecule has 9 heavy (non-hydrogen) atoms. The lowest BCUT2D eigenvalue weighted by molar-refractivity contribution is -0.122. The van der Waals surface area contributed by atoms with Crippen molar-refractivity contribution in [2.75, 3.05) is 14.1 Å². The van der Waals surface area contributed by atoms with Gasteiger partial charge in [-0.15, -0.1) is 0 Å². The molecule has 0 aliphatic heterocycles. The Hall–Kier alpha value is -0.370. The Bertz CT molecular complexity index is 136. The van der Waals surface area contributed by atoms with Crippen LogP contribution in [-0.2, 0) is 4.79 Å². The SMILES string of the molecule is CC(=O)C1(N(C)C)CC1. The molecule has 0 atom stereocenters. The molecule has 52 valence electrons. The second kappa shape index (κ2) is 1.81. The number of likely N-dealkylation sites (N-methyl/N-ethyl adjacent to an activating group) is 1. The number of nitrogens with zero attached hydrogens (tertiary/aromatic N) is 1. The molecule has 0 aromatic carbocycles. The summed E-state index contributed by atoms with van der Waals surface area (Å²) in [6, 6.07) is 0. The summed E-state index contributed by atoms with van der Waals surface area (Å²) in [5, 5.41) is 0. The van der Waals surface area contributed by atoms with Crippen molar-refractivity contribution in [1.29, 1.82) is 0 Å². The van der Waals surface area contributed by atoms with E-state index in [0.717, 1.165) is 12.8 Å². The number of ketones is 1. The quantitative estimate of drug-likeness (QED) is 0.543. The molecule has 0 N–H and O–H groups in total. The summed E-state index contributed by atoms with van der Waals surface area (Å²) in [6.07, 6.45) is 2.10. The van der Waals surface area contributed by atoms with Crippen LogP contribution in [0.5, 0.6) is 0 Å². The molecule has 0 bridgehead atoms. The van der Waals surface area contributed by atoms with Gasteiger partial charge in [-0.25, -0.2) is 0 Å². The minimum absolute atomic E-state index is 0.0556. The topological polar surface area (TPSA) is 20.3 Å². The summed E-state index contributed by atoms with van der Waals surface area (Å²) in [6.45, 7) is 1.67. The van der Waals surface area contributed by atoms with Crippen molar-refractivity contribution in [3.63, 3.8) is 0 Å². The summed E-state index contributed by atoms with van der Waals surface area (Å²) < 4.78 is 0. The smallest absolute Gasteiger partial charge is 0.149 e. The first-order valence-corrected chi connectivity index (χ1v) is 3.28. The normalized spacial score (nSPS) is 22.2. The van der Waals surface area contributed by atoms with E-state index in [1.54, 1.807) is 6.92 Å². The van der Waals surface area contributed by atoms with Gasteiger partial charge in [0.1, 0.15) is 5.78 Å². The molecule has 0 heterocycles. The summed E-state index contributed by atoms with van der Waals surface area (Å²) in [5.41, 5.74) is -0.0556. The van der Waals surface area contributed by atoms with Crippen LogP contribution in [0.4, 0.5) is 0 Å². The molecule has 0 radical (unpaired) electrons. The maximum atomic E-state index is 10.9. The predicted octanol–water partition coefficient (Wildman–Crippen LogP) is 0.670. The summed E-state index contributed by atoms with van der Waals surface area (Å²) in [7, 11) is 3.93. The monoisotopic (exact) mass is 127 g/mol. The van der Waals surface area contributed by atoms with Crippen molar-refractivity contribution in [2.45, 2.75) is 25.3 Å². The molecule has 2 heteroatoms. The van der Waals surface area contributed by atoms with Gasteiger partial charge in [0.25, 0.3) is 0 Å². The van der Waals surface area contributed by atoms with Crippen LogP contribution in [0.3, 0.4) is 0 Å². The van der Waals surface area contributed by atoms with Crippen molar-refractivity contribution in [2.24, 2.45) is 0 Å². The second-order valence-corrected chi connectivity index (χ2v) is 2.98. The van der Waals surface area contributed by atoms with Crippen LogP contribution in [0.25, 0.3) is 0 Å². The first kappa shape index (κ1) is 6.75. The Balaban J connectivity index is 2.63. The first-order valence-electron chi connectivity index (χ1n) is 3.28. The van der Waals surface area contributed by atoms with Crippen molar-refractivity contribution >= 4 is 5.78 Å². The third-order valence-electron chi connectivity index (χ3n) is 2.24. The number of carbonyl (C=O) groups is 1. The van der Waals surface area contributed by atoms with Crippen LogP contribution in [0.1, 0.15) is 19.8 Å². The summed E-state index contributed by atoms with van der Waals surface area (Å²) in [5.74, 6) is 0.313. The van der Waals surface area contributed by atoms with Gasteiger partial charge in [-0.3, -0.25) is 9.69 Å². The molecule has 1 aliphatic carbocycles. The average Bonchev–Trinajstić information content (AvgIpc) is 2.40. The van der Waals surface area contributed by atoms with Crippen LogP contribution in [-0.4, -0.2) is 30.3 Å². The average molecular weight is 127 g/mol. The lowest BCUT2D eigenvalue weighted by atomic mass is 10.1. The van der Waals surface area contributed by atoms with E-state index >= 15 is 0 Å². The highest BCUT2D eigenvalue weighted by Gasteiger charge is 2.49. The van der Waals surface area contributed by atoms with Crippen LogP contribution in [0.2, 0.25) is 0 Å². The number of rotatable bonds is 2. The molecule has 1 aliphatic rings. The van der Waals surface area contributed by atoms with Gasteiger partial charge in [-0.1, -0.05) is 0 Å². The molecular weight excluding hydrogens is 114 g/mol. The molecule has 0 amide bonds. The van der Waals surface area contributed by atoms with E-state index in [2.05, 4.69) is 0 Å². The first-order chi connectivity index (χ1) is 4.09. The maximum absolute atomic E-state index is 10.9. The lowest BCUT2D eigenvalue weighted by Gasteiger charge is -2.19. The van der Waals surface area contributed by atoms with Gasteiger partial charge in [-0.2, -0.15) is 0 Å². The zero-order chi connectivity index (χ0) is 7.07. The van der Waals surface area contributed by atoms with Crippen molar-refractivity contribution < 1.29 is 4.79 Å². The molecule has 0 saturated heterocycles. The zero-order valence-electron chi connectivity index (χ0n) is 6.27. The van der Waals surface area contributed by atoms with Gasteiger partial charge in [-0.05, 0) is 33.9 Å². The van der Waals surface area contributed by atoms with E-state index in [4.69, 9.17) is 0 Å². The van der Waals surface area contributed by atoms with Crippen molar-refractivity contribution in [3.8, 4) is 0 Å². The fourth-order valence-corrected chi connectivity index (χ4v) is 1.23. The third kappa shape index (κ3) is 0.874. The highest BCUT2D eigenvalue weighted by molar-refractivity contribution is 5.89. The van der Waals surface area contributed by atoms with Gasteiger partial charge in [0.15, 0.2) is 0 Å². The van der Waals surface area contributed by atoms with E-state index in [0.29, 0.717) is 5.78 Å². The van der Waals surface area contributed by atoms with E-state index in [1.165, 1.54) is 0 Å². The summed E-state index contributed by atoms with van der Waals surface area (Å²) in [4.78, 5) is 13.0. The Morgan fingerprint density at radius 3 is 1.89 bits per heavy atom. The molecule has 0 aromatic heterocycles. The van der Waals surface area contributed by atoms with E-state index in [1.807, 2.05) is 19.0 Å². The van der Waals surface area contributed by atoms with Crippen LogP contribution >= 0.6 is 0 Å². The van der Waals surface area contributed by atoms with Crippen LogP contribution < -0.4 is 0 Å². The van der Waals surface area contributed by atoms with Crippen LogP contribution in [0, 0.1) is 0 Å². The number of Topliss-reactive ketones (excluding diaryl/α,β-unsaturated/α-hetero) is 1. The Kier molecular flexibility index (Phi) is 1.35. The fraction of sp³-hybridized carbons (Fsp3) is 0.857. The molecule has 2 nitrogen and oxygen atoms in total. The lowest BCUT2D eigenvalue weighted by Crippen LogP contribution is -2.36. The minimum atomic E-state index is -0.0556. The summed E-state index contributed by atoms with van der Waals surface area (Å²) >= 11 is 0. The molecule has 1 saturated carbocycles. The number of hydrogen-bond acceptors (Lipinski definition) is 2. The van der Waals surface area contributed by atoms with Crippen molar-refractivity contribution in [1.82, 2.24) is 4.90 Å². The highest BCUT2D eigenvalue weighted by Crippen LogP contribution is 2.40. The molecule has 1 fully saturated rings. The Morgan fingerprint density at radius 2 is 1.89 bits per heavy atom. The standard InChI is InChI=1S/C7H13NO/c1-6(9)7(4-5-7)8(2)3/h4-5H2,1-3H3.